The average Bonchev–Trinajstić information content (AvgIpc) is 2.70. The highest BCUT2D eigenvalue weighted by molar-refractivity contribution is 7.95. The number of carbonyl (C=O) groups excluding carboxylic acids is 2. The second kappa shape index (κ2) is 10.7. The minimum atomic E-state index is -0.582. The van der Waals surface area contributed by atoms with Gasteiger partial charge in [0.15, 0.2) is 0 Å². The van der Waals surface area contributed by atoms with Gasteiger partial charge in [0, 0.05) is 9.79 Å². The van der Waals surface area contributed by atoms with E-state index in [9.17, 15) is 9.59 Å². The Morgan fingerprint density at radius 3 is 1.54 bits per heavy atom. The van der Waals surface area contributed by atoms with E-state index in [0.29, 0.717) is 0 Å². The number of carbonyl (C=O) groups is 2. The van der Waals surface area contributed by atoms with Crippen LogP contribution in [0.5, 0.6) is 0 Å². The minimum Gasteiger partial charge on any atom is -0.460 e. The fourth-order valence-electron chi connectivity index (χ4n) is 1.99. The third-order valence-electron chi connectivity index (χ3n) is 3.27. The lowest BCUT2D eigenvalue weighted by Crippen LogP contribution is -2.07. The number of esters is 2. The van der Waals surface area contributed by atoms with E-state index in [1.165, 1.54) is 0 Å². The summed E-state index contributed by atoms with van der Waals surface area (Å²) in [6.07, 6.45) is 0. The molecule has 6 nitrogen and oxygen atoms in total. The van der Waals surface area contributed by atoms with Crippen LogP contribution in [0.1, 0.15) is 13.8 Å². The molecule has 28 heavy (non-hydrogen) atoms. The van der Waals surface area contributed by atoms with Crippen molar-refractivity contribution in [1.82, 2.24) is 0 Å². The van der Waals surface area contributed by atoms with Gasteiger partial charge in [0.25, 0.3) is 0 Å². The Labute approximate surface area is 172 Å². The van der Waals surface area contributed by atoms with Crippen molar-refractivity contribution < 1.29 is 27.4 Å². The Bertz CT molecular complexity index is 820. The number of ether oxygens (including phenoxy) is 2. The summed E-state index contributed by atoms with van der Waals surface area (Å²) in [6, 6.07) is 11.4. The highest BCUT2D eigenvalue weighted by Crippen LogP contribution is 2.30. The van der Waals surface area contributed by atoms with Crippen molar-refractivity contribution in [3.05, 3.63) is 61.1 Å². The van der Waals surface area contributed by atoms with Gasteiger partial charge in [-0.1, -0.05) is 12.1 Å². The fraction of sp³-hybridized carbons (Fsp3) is 0.200. The lowest BCUT2D eigenvalue weighted by Gasteiger charge is -2.08. The number of hydrogen-bond donors (Lipinski definition) is 0. The normalized spacial score (nSPS) is 10.2. The lowest BCUT2D eigenvalue weighted by atomic mass is 10.1. The highest BCUT2D eigenvalue weighted by Gasteiger charge is 2.12. The molecule has 0 N–H and O–H groups in total. The summed E-state index contributed by atoms with van der Waals surface area (Å²) < 4.78 is 20.2. The highest BCUT2D eigenvalue weighted by atomic mass is 32.2. The van der Waals surface area contributed by atoms with E-state index in [-0.39, 0.29) is 24.7 Å². The quantitative estimate of drug-likeness (QED) is 0.229. The van der Waals surface area contributed by atoms with Crippen molar-refractivity contribution >= 4 is 46.8 Å². The summed E-state index contributed by atoms with van der Waals surface area (Å²) in [7, 11) is 0. The standard InChI is InChI=1S/C20H20O6S2/c1-5-23-19(21)13(3)25-27-17-9-7-16-12-18(10-8-15(16)11-17)28-26-14(4)20(22)24-6-2/h7-12H,3-6H2,1-2H3. The Morgan fingerprint density at radius 2 is 1.18 bits per heavy atom. The predicted molar refractivity (Wildman–Crippen MR) is 109 cm³/mol. The zero-order valence-corrected chi connectivity index (χ0v) is 17.2. The van der Waals surface area contributed by atoms with Crippen LogP contribution in [0.15, 0.2) is 70.9 Å². The van der Waals surface area contributed by atoms with Gasteiger partial charge in [0.2, 0.25) is 11.5 Å². The zero-order valence-electron chi connectivity index (χ0n) is 15.6. The van der Waals surface area contributed by atoms with E-state index >= 15 is 0 Å². The maximum atomic E-state index is 11.5. The van der Waals surface area contributed by atoms with Gasteiger partial charge in [0.1, 0.15) is 0 Å². The van der Waals surface area contributed by atoms with Gasteiger partial charge in [0.05, 0.1) is 37.3 Å². The fourth-order valence-corrected chi connectivity index (χ4v) is 3.12. The minimum absolute atomic E-state index is 0.0577. The first kappa shape index (κ1) is 21.7. The monoisotopic (exact) mass is 420 g/mol. The molecule has 0 radical (unpaired) electrons. The van der Waals surface area contributed by atoms with Crippen molar-refractivity contribution in [1.29, 1.82) is 0 Å². The van der Waals surface area contributed by atoms with Crippen LogP contribution >= 0.6 is 24.1 Å². The Kier molecular flexibility index (Phi) is 8.28. The molecule has 2 aromatic rings. The molecule has 0 aliphatic rings. The van der Waals surface area contributed by atoms with Crippen LogP contribution in [0.3, 0.4) is 0 Å². The second-order valence-electron chi connectivity index (χ2n) is 5.29. The van der Waals surface area contributed by atoms with Crippen molar-refractivity contribution in [3.8, 4) is 0 Å². The topological polar surface area (TPSA) is 71.1 Å². The van der Waals surface area contributed by atoms with E-state index in [2.05, 4.69) is 13.2 Å². The molecule has 0 fully saturated rings. The first-order valence-electron chi connectivity index (χ1n) is 8.39. The second-order valence-corrected chi connectivity index (χ2v) is 6.90. The molecule has 0 unspecified atom stereocenters. The molecule has 2 rings (SSSR count). The summed E-state index contributed by atoms with van der Waals surface area (Å²) >= 11 is 2.06. The van der Waals surface area contributed by atoms with Crippen LogP contribution < -0.4 is 0 Å². The predicted octanol–water partition coefficient (Wildman–Crippen LogP) is 5.04. The SMILES string of the molecule is C=C(OSc1ccc2cc(SOC(=C)C(=O)OCC)ccc2c1)C(=O)OCC. The van der Waals surface area contributed by atoms with Gasteiger partial charge in [-0.05, 0) is 62.0 Å². The van der Waals surface area contributed by atoms with Gasteiger partial charge in [-0.3, -0.25) is 0 Å². The van der Waals surface area contributed by atoms with Crippen LogP contribution in [-0.2, 0) is 27.4 Å². The molecular formula is C20H20O6S2. The van der Waals surface area contributed by atoms with E-state index in [1.807, 2.05) is 36.4 Å². The maximum absolute atomic E-state index is 11.5. The molecular weight excluding hydrogens is 400 g/mol. The van der Waals surface area contributed by atoms with Gasteiger partial charge < -0.3 is 17.8 Å². The van der Waals surface area contributed by atoms with Crippen molar-refractivity contribution in [2.75, 3.05) is 13.2 Å². The number of benzene rings is 2. The molecule has 0 aliphatic carbocycles. The van der Waals surface area contributed by atoms with Gasteiger partial charge >= 0.3 is 11.9 Å². The molecule has 8 heteroatoms. The summed E-state index contributed by atoms with van der Waals surface area (Å²) in [4.78, 5) is 24.6. The summed E-state index contributed by atoms with van der Waals surface area (Å²) in [5.74, 6) is -1.28. The largest absolute Gasteiger partial charge is 0.460 e. The van der Waals surface area contributed by atoms with Crippen LogP contribution in [0.25, 0.3) is 10.8 Å². The van der Waals surface area contributed by atoms with Crippen molar-refractivity contribution in [3.63, 3.8) is 0 Å². The summed E-state index contributed by atoms with van der Waals surface area (Å²) in [6.45, 7) is 11.0. The van der Waals surface area contributed by atoms with E-state index in [0.717, 1.165) is 44.6 Å². The van der Waals surface area contributed by atoms with Crippen molar-refractivity contribution in [2.24, 2.45) is 0 Å². The molecule has 0 aliphatic heterocycles. The number of hydrogen-bond acceptors (Lipinski definition) is 8. The Morgan fingerprint density at radius 1 is 0.786 bits per heavy atom. The zero-order chi connectivity index (χ0) is 20.5. The third kappa shape index (κ3) is 6.24. The molecule has 0 heterocycles. The first-order valence-corrected chi connectivity index (χ1v) is 9.87. The summed E-state index contributed by atoms with van der Waals surface area (Å²) in [5.41, 5.74) is 0. The summed E-state index contributed by atoms with van der Waals surface area (Å²) in [5, 5.41) is 1.95. The van der Waals surface area contributed by atoms with E-state index in [1.54, 1.807) is 13.8 Å². The van der Waals surface area contributed by atoms with Crippen molar-refractivity contribution in [2.45, 2.75) is 23.6 Å². The van der Waals surface area contributed by atoms with E-state index in [4.69, 9.17) is 17.8 Å². The number of rotatable bonds is 10. The molecule has 0 saturated carbocycles. The number of fused-ring (bicyclic) bond motifs is 1. The Balaban J connectivity index is 1.98. The molecule has 0 aromatic heterocycles. The molecule has 0 amide bonds. The van der Waals surface area contributed by atoms with Crippen LogP contribution in [0, 0.1) is 0 Å². The van der Waals surface area contributed by atoms with Gasteiger partial charge in [-0.2, -0.15) is 0 Å². The molecule has 2 aromatic carbocycles. The van der Waals surface area contributed by atoms with E-state index < -0.39 is 11.9 Å². The van der Waals surface area contributed by atoms with Gasteiger partial charge in [-0.25, -0.2) is 9.59 Å². The lowest BCUT2D eigenvalue weighted by molar-refractivity contribution is -0.141. The molecule has 0 bridgehead atoms. The van der Waals surface area contributed by atoms with Crippen LogP contribution in [0.4, 0.5) is 0 Å². The molecule has 148 valence electrons. The molecule has 0 atom stereocenters. The average molecular weight is 421 g/mol. The van der Waals surface area contributed by atoms with Gasteiger partial charge in [-0.15, -0.1) is 0 Å². The third-order valence-corrected chi connectivity index (χ3v) is 4.73. The maximum Gasteiger partial charge on any atom is 0.374 e. The Hall–Kier alpha value is -2.58. The molecule has 0 saturated heterocycles. The smallest absolute Gasteiger partial charge is 0.374 e. The van der Waals surface area contributed by atoms with Crippen LogP contribution in [-0.4, -0.2) is 25.2 Å². The van der Waals surface area contributed by atoms with Crippen LogP contribution in [0.2, 0.25) is 0 Å². The first-order chi connectivity index (χ1) is 13.4. The molecule has 0 spiro atoms.